The van der Waals surface area contributed by atoms with Crippen molar-refractivity contribution in [3.05, 3.63) is 29.8 Å². The first kappa shape index (κ1) is 13.5. The van der Waals surface area contributed by atoms with Crippen molar-refractivity contribution < 1.29 is 26.3 Å². The molecule has 0 aliphatic heterocycles. The lowest BCUT2D eigenvalue weighted by Gasteiger charge is -2.13. The number of nitrogens with zero attached hydrogens (tertiary/aromatic N) is 1. The average Bonchev–Trinajstić information content (AvgIpc) is 2.13. The van der Waals surface area contributed by atoms with E-state index in [1.54, 1.807) is 6.92 Å². The lowest BCUT2D eigenvalue weighted by atomic mass is 10.2. The second-order valence-corrected chi connectivity index (χ2v) is 3.29. The van der Waals surface area contributed by atoms with E-state index in [1.165, 1.54) is 12.1 Å². The fourth-order valence-electron chi connectivity index (χ4n) is 1.04. The summed E-state index contributed by atoms with van der Waals surface area (Å²) in [6.45, 7) is 1.65. The molecular formula is C10H7F6N. The first-order valence-corrected chi connectivity index (χ1v) is 4.40. The van der Waals surface area contributed by atoms with E-state index in [-0.39, 0.29) is 5.69 Å². The number of hydrogen-bond acceptors (Lipinski definition) is 1. The molecule has 0 bridgehead atoms. The molecule has 94 valence electrons. The van der Waals surface area contributed by atoms with Crippen LogP contribution in [-0.4, -0.2) is 18.1 Å². The highest BCUT2D eigenvalue weighted by Gasteiger charge is 2.53. The molecule has 7 heteroatoms. The minimum atomic E-state index is -5.52. The Hall–Kier alpha value is -1.53. The van der Waals surface area contributed by atoms with Gasteiger partial charge in [0.2, 0.25) is 5.71 Å². The van der Waals surface area contributed by atoms with E-state index in [0.717, 1.165) is 12.1 Å². The summed E-state index contributed by atoms with van der Waals surface area (Å²) >= 11 is 0. The zero-order valence-electron chi connectivity index (χ0n) is 8.52. The third-order valence-electron chi connectivity index (χ3n) is 1.81. The Morgan fingerprint density at radius 2 is 1.29 bits per heavy atom. The fourth-order valence-corrected chi connectivity index (χ4v) is 1.04. The van der Waals surface area contributed by atoms with Crippen molar-refractivity contribution in [1.29, 1.82) is 0 Å². The molecular weight excluding hydrogens is 248 g/mol. The number of aliphatic imine (C=N–C) groups is 1. The molecule has 0 fully saturated rings. The SMILES string of the molecule is Cc1ccc(N=C(C(F)(F)F)C(F)(F)F)cc1. The van der Waals surface area contributed by atoms with E-state index in [0.29, 0.717) is 5.56 Å². The largest absolute Gasteiger partial charge is 0.438 e. The number of hydrogen-bond donors (Lipinski definition) is 0. The molecule has 1 nitrogen and oxygen atoms in total. The third kappa shape index (κ3) is 3.76. The molecule has 0 unspecified atom stereocenters. The molecule has 1 aromatic carbocycles. The average molecular weight is 255 g/mol. The molecule has 17 heavy (non-hydrogen) atoms. The predicted molar refractivity (Wildman–Crippen MR) is 50.4 cm³/mol. The zero-order chi connectivity index (χ0) is 13.3. The van der Waals surface area contributed by atoms with Crippen molar-refractivity contribution in [1.82, 2.24) is 0 Å². The van der Waals surface area contributed by atoms with Crippen LogP contribution in [0.1, 0.15) is 5.56 Å². The Labute approximate surface area is 92.8 Å². The van der Waals surface area contributed by atoms with E-state index >= 15 is 0 Å². The van der Waals surface area contributed by atoms with Crippen molar-refractivity contribution in [2.75, 3.05) is 0 Å². The summed E-state index contributed by atoms with van der Waals surface area (Å²) < 4.78 is 72.8. The van der Waals surface area contributed by atoms with Gasteiger partial charge < -0.3 is 0 Å². The summed E-state index contributed by atoms with van der Waals surface area (Å²) in [5.74, 6) is 0. The molecule has 1 aromatic rings. The van der Waals surface area contributed by atoms with Crippen molar-refractivity contribution in [2.24, 2.45) is 4.99 Å². The van der Waals surface area contributed by atoms with Crippen molar-refractivity contribution in [3.8, 4) is 0 Å². The van der Waals surface area contributed by atoms with Gasteiger partial charge in [0.15, 0.2) is 0 Å². The quantitative estimate of drug-likeness (QED) is 0.527. The second-order valence-electron chi connectivity index (χ2n) is 3.29. The van der Waals surface area contributed by atoms with Gasteiger partial charge in [0, 0.05) is 0 Å². The maximum absolute atomic E-state index is 12.1. The lowest BCUT2D eigenvalue weighted by Crippen LogP contribution is -2.36. The van der Waals surface area contributed by atoms with Gasteiger partial charge in [0.25, 0.3) is 0 Å². The van der Waals surface area contributed by atoms with Gasteiger partial charge in [-0.15, -0.1) is 0 Å². The molecule has 0 radical (unpaired) electrons. The zero-order valence-corrected chi connectivity index (χ0v) is 8.52. The number of benzene rings is 1. The van der Waals surface area contributed by atoms with Gasteiger partial charge in [-0.2, -0.15) is 26.3 Å². The number of aryl methyl sites for hydroxylation is 1. The van der Waals surface area contributed by atoms with Crippen LogP contribution in [0.25, 0.3) is 0 Å². The normalized spacial score (nSPS) is 12.4. The van der Waals surface area contributed by atoms with Gasteiger partial charge >= 0.3 is 12.4 Å². The molecule has 0 N–H and O–H groups in total. The topological polar surface area (TPSA) is 12.4 Å². The van der Waals surface area contributed by atoms with E-state index in [9.17, 15) is 26.3 Å². The molecule has 0 amide bonds. The van der Waals surface area contributed by atoms with E-state index in [4.69, 9.17) is 0 Å². The van der Waals surface area contributed by atoms with Gasteiger partial charge in [-0.25, -0.2) is 4.99 Å². The first-order valence-electron chi connectivity index (χ1n) is 4.40. The van der Waals surface area contributed by atoms with Crippen LogP contribution in [0.5, 0.6) is 0 Å². The monoisotopic (exact) mass is 255 g/mol. The smallest absolute Gasteiger partial charge is 0.240 e. The Morgan fingerprint density at radius 1 is 0.882 bits per heavy atom. The highest BCUT2D eigenvalue weighted by atomic mass is 19.4. The predicted octanol–water partition coefficient (Wildman–Crippen LogP) is 4.19. The summed E-state index contributed by atoms with van der Waals surface area (Å²) in [7, 11) is 0. The molecule has 1 rings (SSSR count). The standard InChI is InChI=1S/C10H7F6N/c1-6-2-4-7(5-3-6)17-8(9(11,12)13)10(14,15)16/h2-5H,1H3. The Morgan fingerprint density at radius 3 is 1.65 bits per heavy atom. The molecule has 0 aliphatic carbocycles. The van der Waals surface area contributed by atoms with Gasteiger partial charge in [-0.3, -0.25) is 0 Å². The van der Waals surface area contributed by atoms with Gasteiger partial charge in [-0.1, -0.05) is 17.7 Å². The molecule has 0 saturated heterocycles. The minimum Gasteiger partial charge on any atom is -0.240 e. The van der Waals surface area contributed by atoms with E-state index in [2.05, 4.69) is 4.99 Å². The van der Waals surface area contributed by atoms with Crippen LogP contribution < -0.4 is 0 Å². The third-order valence-corrected chi connectivity index (χ3v) is 1.81. The molecule has 0 aliphatic rings. The maximum Gasteiger partial charge on any atom is 0.438 e. The lowest BCUT2D eigenvalue weighted by molar-refractivity contribution is -0.117. The molecule has 0 heterocycles. The number of rotatable bonds is 1. The van der Waals surface area contributed by atoms with Crippen molar-refractivity contribution >= 4 is 11.4 Å². The summed E-state index contributed by atoms with van der Waals surface area (Å²) in [5, 5.41) is 0. The Kier molecular flexibility index (Phi) is 3.49. The van der Waals surface area contributed by atoms with Crippen LogP contribution in [-0.2, 0) is 0 Å². The van der Waals surface area contributed by atoms with Crippen LogP contribution in [0, 0.1) is 6.92 Å². The van der Waals surface area contributed by atoms with Crippen LogP contribution in [0.15, 0.2) is 29.3 Å². The van der Waals surface area contributed by atoms with E-state index in [1.807, 2.05) is 0 Å². The van der Waals surface area contributed by atoms with Crippen LogP contribution in [0.2, 0.25) is 0 Å². The first-order chi connectivity index (χ1) is 7.60. The molecule has 0 spiro atoms. The van der Waals surface area contributed by atoms with Crippen molar-refractivity contribution in [2.45, 2.75) is 19.3 Å². The highest BCUT2D eigenvalue weighted by Crippen LogP contribution is 2.32. The summed E-state index contributed by atoms with van der Waals surface area (Å²) in [6.07, 6.45) is -11.0. The maximum atomic E-state index is 12.1. The minimum absolute atomic E-state index is 0.389. The van der Waals surface area contributed by atoms with Crippen LogP contribution in [0.4, 0.5) is 32.0 Å². The van der Waals surface area contributed by atoms with Gasteiger partial charge in [-0.05, 0) is 19.1 Å². The summed E-state index contributed by atoms with van der Waals surface area (Å²) in [5.41, 5.74) is -2.43. The highest BCUT2D eigenvalue weighted by molar-refractivity contribution is 5.96. The van der Waals surface area contributed by atoms with Crippen LogP contribution in [0.3, 0.4) is 0 Å². The van der Waals surface area contributed by atoms with Gasteiger partial charge in [0.05, 0.1) is 5.69 Å². The summed E-state index contributed by atoms with van der Waals surface area (Å²) in [6, 6.07) is 4.94. The number of alkyl halides is 6. The van der Waals surface area contributed by atoms with E-state index < -0.39 is 18.1 Å². The Balaban J connectivity index is 3.20. The molecule has 0 atom stereocenters. The fraction of sp³-hybridized carbons (Fsp3) is 0.300. The number of halogens is 6. The Bertz CT molecular complexity index is 396. The van der Waals surface area contributed by atoms with Crippen LogP contribution >= 0.6 is 0 Å². The van der Waals surface area contributed by atoms with Crippen molar-refractivity contribution in [3.63, 3.8) is 0 Å². The van der Waals surface area contributed by atoms with Gasteiger partial charge in [0.1, 0.15) is 0 Å². The second kappa shape index (κ2) is 4.38. The molecule has 0 aromatic heterocycles. The summed E-state index contributed by atoms with van der Waals surface area (Å²) in [4.78, 5) is 2.61. The molecule has 0 saturated carbocycles.